The summed E-state index contributed by atoms with van der Waals surface area (Å²) in [5, 5.41) is 19.7. The van der Waals surface area contributed by atoms with E-state index in [1.54, 1.807) is 0 Å². The van der Waals surface area contributed by atoms with Gasteiger partial charge in [0.1, 0.15) is 0 Å². The number of rotatable bonds is 15. The zero-order valence-corrected chi connectivity index (χ0v) is 13.9. The molecule has 0 aliphatic rings. The van der Waals surface area contributed by atoms with Gasteiger partial charge < -0.3 is 10.2 Å². The van der Waals surface area contributed by atoms with Crippen LogP contribution < -0.4 is 0 Å². The van der Waals surface area contributed by atoms with Crippen molar-refractivity contribution in [3.63, 3.8) is 0 Å². The van der Waals surface area contributed by atoms with Crippen molar-refractivity contribution in [2.75, 3.05) is 0 Å². The Balaban J connectivity index is 3.29. The quantitative estimate of drug-likeness (QED) is 0.406. The third kappa shape index (κ3) is 14.3. The van der Waals surface area contributed by atoms with E-state index in [2.05, 4.69) is 13.8 Å². The van der Waals surface area contributed by atoms with E-state index in [-0.39, 0.29) is 12.2 Å². The molecule has 0 heterocycles. The van der Waals surface area contributed by atoms with Crippen LogP contribution in [0.25, 0.3) is 0 Å². The van der Waals surface area contributed by atoms with Gasteiger partial charge in [-0.25, -0.2) is 0 Å². The molecule has 0 aliphatic carbocycles. The van der Waals surface area contributed by atoms with Gasteiger partial charge in [0.15, 0.2) is 0 Å². The van der Waals surface area contributed by atoms with Gasteiger partial charge in [-0.05, 0) is 25.7 Å². The molecule has 0 bridgehead atoms. The Hall–Kier alpha value is -0.0800. The maximum atomic E-state index is 9.90. The molecule has 0 spiro atoms. The summed E-state index contributed by atoms with van der Waals surface area (Å²) in [5.41, 5.74) is 0. The molecule has 0 radical (unpaired) electrons. The van der Waals surface area contributed by atoms with Crippen LogP contribution in [0.4, 0.5) is 0 Å². The Bertz CT molecular complexity index is 182. The largest absolute Gasteiger partial charge is 0.393 e. The van der Waals surface area contributed by atoms with Gasteiger partial charge >= 0.3 is 0 Å². The zero-order chi connectivity index (χ0) is 15.1. The molecule has 2 N–H and O–H groups in total. The molecule has 2 heteroatoms. The van der Waals surface area contributed by atoms with Crippen molar-refractivity contribution in [1.29, 1.82) is 0 Å². The summed E-state index contributed by atoms with van der Waals surface area (Å²) >= 11 is 0. The van der Waals surface area contributed by atoms with E-state index >= 15 is 0 Å². The Labute approximate surface area is 127 Å². The van der Waals surface area contributed by atoms with Crippen molar-refractivity contribution in [3.8, 4) is 0 Å². The van der Waals surface area contributed by atoms with Crippen molar-refractivity contribution in [1.82, 2.24) is 0 Å². The van der Waals surface area contributed by atoms with Crippen LogP contribution in [0.3, 0.4) is 0 Å². The Morgan fingerprint density at radius 1 is 0.500 bits per heavy atom. The second-order valence-electron chi connectivity index (χ2n) is 6.29. The minimum atomic E-state index is -0.203. The summed E-state index contributed by atoms with van der Waals surface area (Å²) in [6.45, 7) is 4.42. The highest BCUT2D eigenvalue weighted by Gasteiger charge is 2.09. The van der Waals surface area contributed by atoms with Gasteiger partial charge in [0, 0.05) is 0 Å². The van der Waals surface area contributed by atoms with E-state index in [9.17, 15) is 10.2 Å². The first kappa shape index (κ1) is 19.9. The van der Waals surface area contributed by atoms with Gasteiger partial charge in [-0.3, -0.25) is 0 Å². The number of aliphatic hydroxyl groups is 2. The fraction of sp³-hybridized carbons (Fsp3) is 1.00. The molecule has 0 aromatic rings. The molecule has 0 rings (SSSR count). The van der Waals surface area contributed by atoms with E-state index in [0.717, 1.165) is 38.5 Å². The predicted molar refractivity (Wildman–Crippen MR) is 88.0 cm³/mol. The van der Waals surface area contributed by atoms with E-state index < -0.39 is 0 Å². The van der Waals surface area contributed by atoms with Crippen LogP contribution in [0.5, 0.6) is 0 Å². The molecule has 122 valence electrons. The zero-order valence-electron chi connectivity index (χ0n) is 13.9. The summed E-state index contributed by atoms with van der Waals surface area (Å²) in [7, 11) is 0. The smallest absolute Gasteiger partial charge is 0.0541 e. The molecule has 0 amide bonds. The van der Waals surface area contributed by atoms with Crippen LogP contribution in [0.2, 0.25) is 0 Å². The lowest BCUT2D eigenvalue weighted by atomic mass is 10.0. The van der Waals surface area contributed by atoms with Crippen LogP contribution in [0, 0.1) is 0 Å². The molecule has 0 fully saturated rings. The standard InChI is InChI=1S/C18H38O2/c1-3-5-7-8-9-10-12-14-18(20)16-15-17(19)13-11-6-4-2/h17-20H,3-16H2,1-2H3/t17-,18-/m0/s1. The average molecular weight is 287 g/mol. The molecular formula is C18H38O2. The summed E-state index contributed by atoms with van der Waals surface area (Å²) in [6.07, 6.45) is 15.5. The normalized spacial score (nSPS) is 14.4. The highest BCUT2D eigenvalue weighted by molar-refractivity contribution is 4.62. The van der Waals surface area contributed by atoms with Crippen molar-refractivity contribution in [2.45, 2.75) is 116 Å². The van der Waals surface area contributed by atoms with Crippen LogP contribution >= 0.6 is 0 Å². The van der Waals surface area contributed by atoms with Gasteiger partial charge in [-0.2, -0.15) is 0 Å². The molecule has 0 aromatic heterocycles. The van der Waals surface area contributed by atoms with Gasteiger partial charge in [-0.1, -0.05) is 78.1 Å². The Morgan fingerprint density at radius 3 is 1.35 bits per heavy atom. The SMILES string of the molecule is CCCCCCCCC[C@H](O)CC[C@@H](O)CCCCC. The third-order valence-corrected chi connectivity index (χ3v) is 4.11. The first-order valence-corrected chi connectivity index (χ1v) is 9.06. The fourth-order valence-corrected chi connectivity index (χ4v) is 2.64. The summed E-state index contributed by atoms with van der Waals surface area (Å²) in [6, 6.07) is 0. The number of unbranched alkanes of at least 4 members (excludes halogenated alkanes) is 8. The van der Waals surface area contributed by atoms with Crippen molar-refractivity contribution < 1.29 is 10.2 Å². The summed E-state index contributed by atoms with van der Waals surface area (Å²) in [5.74, 6) is 0. The van der Waals surface area contributed by atoms with Crippen molar-refractivity contribution in [2.24, 2.45) is 0 Å². The molecule has 0 saturated carbocycles. The van der Waals surface area contributed by atoms with Crippen LogP contribution in [0.1, 0.15) is 104 Å². The fourth-order valence-electron chi connectivity index (χ4n) is 2.64. The molecule has 2 nitrogen and oxygen atoms in total. The second-order valence-corrected chi connectivity index (χ2v) is 6.29. The molecule has 0 unspecified atom stereocenters. The topological polar surface area (TPSA) is 40.5 Å². The third-order valence-electron chi connectivity index (χ3n) is 4.11. The number of aliphatic hydroxyl groups excluding tert-OH is 2. The van der Waals surface area contributed by atoms with Gasteiger partial charge in [-0.15, -0.1) is 0 Å². The maximum Gasteiger partial charge on any atom is 0.0541 e. The van der Waals surface area contributed by atoms with E-state index in [1.807, 2.05) is 0 Å². The van der Waals surface area contributed by atoms with Crippen molar-refractivity contribution in [3.05, 3.63) is 0 Å². The maximum absolute atomic E-state index is 9.90. The number of hydrogen-bond donors (Lipinski definition) is 2. The molecule has 0 saturated heterocycles. The van der Waals surface area contributed by atoms with Crippen molar-refractivity contribution >= 4 is 0 Å². The van der Waals surface area contributed by atoms with Crippen LogP contribution in [-0.2, 0) is 0 Å². The van der Waals surface area contributed by atoms with Gasteiger partial charge in [0.2, 0.25) is 0 Å². The Morgan fingerprint density at radius 2 is 0.850 bits per heavy atom. The minimum Gasteiger partial charge on any atom is -0.393 e. The first-order valence-electron chi connectivity index (χ1n) is 9.06. The summed E-state index contributed by atoms with van der Waals surface area (Å²) < 4.78 is 0. The molecule has 0 aromatic carbocycles. The van der Waals surface area contributed by atoms with Gasteiger partial charge in [0.05, 0.1) is 12.2 Å². The van der Waals surface area contributed by atoms with Crippen LogP contribution in [-0.4, -0.2) is 22.4 Å². The minimum absolute atomic E-state index is 0.202. The first-order chi connectivity index (χ1) is 9.70. The molecule has 2 atom stereocenters. The lowest BCUT2D eigenvalue weighted by Crippen LogP contribution is -2.13. The highest BCUT2D eigenvalue weighted by Crippen LogP contribution is 2.14. The molecule has 0 aliphatic heterocycles. The predicted octanol–water partition coefficient (Wildman–Crippen LogP) is 5.21. The second kappa shape index (κ2) is 15.3. The van der Waals surface area contributed by atoms with Gasteiger partial charge in [0.25, 0.3) is 0 Å². The Kier molecular flexibility index (Phi) is 15.3. The van der Waals surface area contributed by atoms with Crippen LogP contribution in [0.15, 0.2) is 0 Å². The number of hydrogen-bond acceptors (Lipinski definition) is 2. The lowest BCUT2D eigenvalue weighted by Gasteiger charge is -2.14. The molecular weight excluding hydrogens is 248 g/mol. The monoisotopic (exact) mass is 286 g/mol. The molecule has 20 heavy (non-hydrogen) atoms. The van der Waals surface area contributed by atoms with E-state index in [4.69, 9.17) is 0 Å². The van der Waals surface area contributed by atoms with E-state index in [1.165, 1.54) is 51.4 Å². The lowest BCUT2D eigenvalue weighted by molar-refractivity contribution is 0.101. The average Bonchev–Trinajstić information content (AvgIpc) is 2.44. The van der Waals surface area contributed by atoms with E-state index in [0.29, 0.717) is 0 Å². The summed E-state index contributed by atoms with van der Waals surface area (Å²) in [4.78, 5) is 0. The highest BCUT2D eigenvalue weighted by atomic mass is 16.3.